The number of fused-ring (bicyclic) bond motifs is 1. The van der Waals surface area contributed by atoms with Gasteiger partial charge in [0.15, 0.2) is 0 Å². The van der Waals surface area contributed by atoms with E-state index in [1.807, 2.05) is 29.7 Å². The molecule has 0 aliphatic rings. The summed E-state index contributed by atoms with van der Waals surface area (Å²) in [5.74, 6) is -0.224. The number of nitrogens with zero attached hydrogens (tertiary/aromatic N) is 2. The van der Waals surface area contributed by atoms with Gasteiger partial charge in [0.05, 0.1) is 16.3 Å². The van der Waals surface area contributed by atoms with Crippen molar-refractivity contribution >= 4 is 28.8 Å². The Kier molecular flexibility index (Phi) is 3.16. The Morgan fingerprint density at radius 2 is 2.05 bits per heavy atom. The van der Waals surface area contributed by atoms with Gasteiger partial charge in [0, 0.05) is 18.1 Å². The minimum absolute atomic E-state index is 0.224. The molecule has 0 aliphatic heterocycles. The zero-order chi connectivity index (χ0) is 14.1. The van der Waals surface area contributed by atoms with E-state index in [2.05, 4.69) is 10.3 Å². The number of carbonyl (C=O) groups excluding carboxylic acids is 1. The first-order valence-electron chi connectivity index (χ1n) is 6.15. The van der Waals surface area contributed by atoms with E-state index in [0.717, 1.165) is 17.0 Å². The quantitative estimate of drug-likeness (QED) is 0.783. The van der Waals surface area contributed by atoms with Crippen LogP contribution in [0.2, 0.25) is 5.02 Å². The molecule has 20 heavy (non-hydrogen) atoms. The van der Waals surface area contributed by atoms with Crippen molar-refractivity contribution in [2.24, 2.45) is 0 Å². The molecule has 100 valence electrons. The number of rotatable bonds is 2. The number of aromatic nitrogens is 2. The molecule has 3 rings (SSSR count). The summed E-state index contributed by atoms with van der Waals surface area (Å²) in [6, 6.07) is 10.7. The Hall–Kier alpha value is -2.33. The van der Waals surface area contributed by atoms with Gasteiger partial charge in [0.1, 0.15) is 5.65 Å². The van der Waals surface area contributed by atoms with E-state index >= 15 is 0 Å². The molecule has 1 N–H and O–H groups in total. The number of halogens is 1. The predicted molar refractivity (Wildman–Crippen MR) is 79.3 cm³/mol. The van der Waals surface area contributed by atoms with Gasteiger partial charge in [-0.1, -0.05) is 23.7 Å². The van der Waals surface area contributed by atoms with Gasteiger partial charge in [-0.15, -0.1) is 0 Å². The van der Waals surface area contributed by atoms with Gasteiger partial charge in [-0.25, -0.2) is 4.98 Å². The van der Waals surface area contributed by atoms with Crippen molar-refractivity contribution < 1.29 is 4.79 Å². The number of nitrogens with one attached hydrogen (secondary N) is 1. The normalized spacial score (nSPS) is 10.7. The van der Waals surface area contributed by atoms with E-state index in [9.17, 15) is 4.79 Å². The number of anilines is 1. The van der Waals surface area contributed by atoms with E-state index in [1.54, 1.807) is 30.5 Å². The van der Waals surface area contributed by atoms with E-state index in [0.29, 0.717) is 10.6 Å². The second kappa shape index (κ2) is 4.98. The summed E-state index contributed by atoms with van der Waals surface area (Å²) < 4.78 is 1.92. The van der Waals surface area contributed by atoms with Crippen molar-refractivity contribution in [3.8, 4) is 0 Å². The maximum absolute atomic E-state index is 12.2. The molecule has 0 saturated heterocycles. The highest BCUT2D eigenvalue weighted by Gasteiger charge is 2.12. The average Bonchev–Trinajstić information content (AvgIpc) is 2.91. The van der Waals surface area contributed by atoms with Crippen molar-refractivity contribution in [2.75, 3.05) is 5.32 Å². The van der Waals surface area contributed by atoms with Crippen molar-refractivity contribution in [1.29, 1.82) is 0 Å². The maximum Gasteiger partial charge on any atom is 0.257 e. The Morgan fingerprint density at radius 1 is 1.25 bits per heavy atom. The van der Waals surface area contributed by atoms with Crippen LogP contribution < -0.4 is 5.32 Å². The molecule has 5 heteroatoms. The number of hydrogen-bond donors (Lipinski definition) is 1. The van der Waals surface area contributed by atoms with Crippen LogP contribution in [0.25, 0.3) is 5.65 Å². The van der Waals surface area contributed by atoms with Crippen molar-refractivity contribution in [1.82, 2.24) is 9.38 Å². The molecule has 0 atom stereocenters. The molecule has 2 heterocycles. The summed E-state index contributed by atoms with van der Waals surface area (Å²) >= 11 is 6.03. The summed E-state index contributed by atoms with van der Waals surface area (Å²) in [6.45, 7) is 1.93. The molecular weight excluding hydrogens is 274 g/mol. The molecule has 2 aromatic heterocycles. The predicted octanol–water partition coefficient (Wildman–Crippen LogP) is 3.55. The van der Waals surface area contributed by atoms with Gasteiger partial charge >= 0.3 is 0 Å². The number of amides is 1. The van der Waals surface area contributed by atoms with Crippen LogP contribution in [0.15, 0.2) is 48.8 Å². The monoisotopic (exact) mass is 285 g/mol. The lowest BCUT2D eigenvalue weighted by Gasteiger charge is -2.10. The zero-order valence-corrected chi connectivity index (χ0v) is 11.6. The molecule has 4 nitrogen and oxygen atoms in total. The lowest BCUT2D eigenvalue weighted by atomic mass is 10.2. The summed E-state index contributed by atoms with van der Waals surface area (Å²) in [7, 11) is 0. The van der Waals surface area contributed by atoms with Crippen LogP contribution in [0.5, 0.6) is 0 Å². The first-order valence-corrected chi connectivity index (χ1v) is 6.53. The fourth-order valence-corrected chi connectivity index (χ4v) is 2.32. The molecule has 0 unspecified atom stereocenters. The highest BCUT2D eigenvalue weighted by Crippen LogP contribution is 2.20. The molecule has 0 spiro atoms. The largest absolute Gasteiger partial charge is 0.320 e. The molecule has 0 radical (unpaired) electrons. The van der Waals surface area contributed by atoms with Crippen molar-refractivity contribution in [3.05, 3.63) is 65.1 Å². The lowest BCUT2D eigenvalue weighted by molar-refractivity contribution is 0.102. The second-order valence-electron chi connectivity index (χ2n) is 4.42. The summed E-state index contributed by atoms with van der Waals surface area (Å²) in [6.07, 6.45) is 3.58. The molecule has 1 amide bonds. The fraction of sp³-hybridized carbons (Fsp3) is 0.0667. The van der Waals surface area contributed by atoms with Crippen LogP contribution in [0, 0.1) is 6.92 Å². The molecule has 3 aromatic rings. The Bertz CT molecular complexity index is 795. The van der Waals surface area contributed by atoms with Crippen LogP contribution in [0.1, 0.15) is 16.1 Å². The SMILES string of the molecule is Cc1c(NC(=O)c2ccccc2Cl)ccc2nccn12. The second-order valence-corrected chi connectivity index (χ2v) is 4.83. The number of benzene rings is 1. The number of hydrogen-bond acceptors (Lipinski definition) is 2. The van der Waals surface area contributed by atoms with Crippen LogP contribution >= 0.6 is 11.6 Å². The van der Waals surface area contributed by atoms with Crippen LogP contribution in [0.3, 0.4) is 0 Å². The van der Waals surface area contributed by atoms with Gasteiger partial charge in [0.2, 0.25) is 0 Å². The Morgan fingerprint density at radius 3 is 2.85 bits per heavy atom. The highest BCUT2D eigenvalue weighted by molar-refractivity contribution is 6.34. The van der Waals surface area contributed by atoms with Crippen LogP contribution in [0.4, 0.5) is 5.69 Å². The molecule has 0 saturated carbocycles. The first-order chi connectivity index (χ1) is 9.66. The van der Waals surface area contributed by atoms with Crippen molar-refractivity contribution in [3.63, 3.8) is 0 Å². The summed E-state index contributed by atoms with van der Waals surface area (Å²) in [4.78, 5) is 16.4. The zero-order valence-electron chi connectivity index (χ0n) is 10.8. The highest BCUT2D eigenvalue weighted by atomic mass is 35.5. The number of carbonyl (C=O) groups is 1. The summed E-state index contributed by atoms with van der Waals surface area (Å²) in [5.41, 5.74) is 2.96. The minimum atomic E-state index is -0.224. The molecular formula is C15H12ClN3O. The third-order valence-corrected chi connectivity index (χ3v) is 3.52. The number of pyridine rings is 1. The van der Waals surface area contributed by atoms with Gasteiger partial charge in [-0.3, -0.25) is 4.79 Å². The maximum atomic E-state index is 12.2. The standard InChI is InChI=1S/C15H12ClN3O/c1-10-13(6-7-14-17-8-9-19(10)14)18-15(20)11-4-2-3-5-12(11)16/h2-9H,1H3,(H,18,20). The topological polar surface area (TPSA) is 46.4 Å². The third-order valence-electron chi connectivity index (χ3n) is 3.19. The third kappa shape index (κ3) is 2.14. The van der Waals surface area contributed by atoms with Gasteiger partial charge in [0.25, 0.3) is 5.91 Å². The minimum Gasteiger partial charge on any atom is -0.320 e. The van der Waals surface area contributed by atoms with Gasteiger partial charge in [-0.05, 0) is 31.2 Å². The average molecular weight is 286 g/mol. The molecule has 1 aromatic carbocycles. The molecule has 0 bridgehead atoms. The van der Waals surface area contributed by atoms with Gasteiger partial charge < -0.3 is 9.72 Å². The van der Waals surface area contributed by atoms with E-state index < -0.39 is 0 Å². The molecule has 0 aliphatic carbocycles. The lowest BCUT2D eigenvalue weighted by Crippen LogP contribution is -2.14. The Balaban J connectivity index is 1.95. The van der Waals surface area contributed by atoms with E-state index in [-0.39, 0.29) is 5.91 Å². The van der Waals surface area contributed by atoms with Crippen LogP contribution in [-0.4, -0.2) is 15.3 Å². The summed E-state index contributed by atoms with van der Waals surface area (Å²) in [5, 5.41) is 3.31. The smallest absolute Gasteiger partial charge is 0.257 e. The Labute approximate surface area is 121 Å². The van der Waals surface area contributed by atoms with Gasteiger partial charge in [-0.2, -0.15) is 0 Å². The molecule has 0 fully saturated rings. The van der Waals surface area contributed by atoms with E-state index in [4.69, 9.17) is 11.6 Å². The first kappa shape index (κ1) is 12.7. The van der Waals surface area contributed by atoms with E-state index in [1.165, 1.54) is 0 Å². The fourth-order valence-electron chi connectivity index (χ4n) is 2.10. The number of imidazole rings is 1. The van der Waals surface area contributed by atoms with Crippen LogP contribution in [-0.2, 0) is 0 Å². The number of aryl methyl sites for hydroxylation is 1. The van der Waals surface area contributed by atoms with Crippen molar-refractivity contribution in [2.45, 2.75) is 6.92 Å².